The van der Waals surface area contributed by atoms with Gasteiger partial charge in [0.1, 0.15) is 0 Å². The van der Waals surface area contributed by atoms with Crippen molar-refractivity contribution in [1.82, 2.24) is 0 Å². The molecule has 2 rings (SSSR count). The lowest BCUT2D eigenvalue weighted by atomic mass is 9.86. The lowest BCUT2D eigenvalue weighted by Crippen LogP contribution is -2.13. The average molecular weight is 319 g/mol. The molecule has 0 aliphatic carbocycles. The summed E-state index contributed by atoms with van der Waals surface area (Å²) in [6, 6.07) is 15.7. The highest BCUT2D eigenvalue weighted by Crippen LogP contribution is 2.27. The predicted molar refractivity (Wildman–Crippen MR) is 88.9 cm³/mol. The van der Waals surface area contributed by atoms with Crippen molar-refractivity contribution in [3.05, 3.63) is 63.6 Å². The lowest BCUT2D eigenvalue weighted by molar-refractivity contribution is 0.687. The summed E-state index contributed by atoms with van der Waals surface area (Å²) in [5, 5.41) is 13.6. The van der Waals surface area contributed by atoms with Crippen LogP contribution in [0, 0.1) is 11.3 Å². The zero-order valence-corrected chi connectivity index (χ0v) is 13.5. The molecule has 0 bridgehead atoms. The molecule has 0 aliphatic heterocycles. The first-order chi connectivity index (χ1) is 9.94. The van der Waals surface area contributed by atoms with Gasteiger partial charge in [0, 0.05) is 12.2 Å². The Hall–Kier alpha value is -1.69. The van der Waals surface area contributed by atoms with Gasteiger partial charge in [-0.15, -0.1) is 0 Å². The molecular formula is C17H16Cl2N2. The molecule has 2 aromatic rings. The maximum Gasteiger partial charge on any atom is 0.0766 e. The number of halogens is 2. The Morgan fingerprint density at radius 1 is 1.10 bits per heavy atom. The molecule has 21 heavy (non-hydrogen) atoms. The third-order valence-corrected chi connectivity index (χ3v) is 4.26. The molecule has 1 N–H and O–H groups in total. The molecule has 0 spiro atoms. The summed E-state index contributed by atoms with van der Waals surface area (Å²) < 4.78 is 0. The van der Waals surface area contributed by atoms with E-state index in [1.807, 2.05) is 50.2 Å². The summed E-state index contributed by atoms with van der Waals surface area (Å²) in [7, 11) is 0. The number of nitrogens with zero attached hydrogens (tertiary/aromatic N) is 1. The van der Waals surface area contributed by atoms with Gasteiger partial charge in [0.15, 0.2) is 0 Å². The molecule has 2 aromatic carbocycles. The minimum Gasteiger partial charge on any atom is -0.381 e. The fraction of sp³-hybridized carbons (Fsp3) is 0.235. The van der Waals surface area contributed by atoms with E-state index in [9.17, 15) is 0 Å². The summed E-state index contributed by atoms with van der Waals surface area (Å²) in [6.45, 7) is 4.41. The summed E-state index contributed by atoms with van der Waals surface area (Å²) in [6.07, 6.45) is 0. The van der Waals surface area contributed by atoms with E-state index in [2.05, 4.69) is 11.4 Å². The molecule has 0 amide bonds. The topological polar surface area (TPSA) is 35.8 Å². The normalized spacial score (nSPS) is 11.0. The van der Waals surface area contributed by atoms with Crippen LogP contribution in [-0.2, 0) is 12.0 Å². The van der Waals surface area contributed by atoms with E-state index >= 15 is 0 Å². The molecule has 0 aromatic heterocycles. The van der Waals surface area contributed by atoms with Crippen molar-refractivity contribution in [2.24, 2.45) is 0 Å². The smallest absolute Gasteiger partial charge is 0.0766 e. The number of hydrogen-bond acceptors (Lipinski definition) is 2. The standard InChI is InChI=1S/C17H16Cl2N2/c1-17(2,11-20)13-6-8-14(9-7-13)21-10-12-4-3-5-15(18)16(12)19/h3-9,21H,10H2,1-2H3. The zero-order valence-electron chi connectivity index (χ0n) is 12.0. The molecule has 0 saturated carbocycles. The molecule has 0 heterocycles. The minimum atomic E-state index is -0.477. The fourth-order valence-electron chi connectivity index (χ4n) is 1.95. The molecule has 0 saturated heterocycles. The van der Waals surface area contributed by atoms with Gasteiger partial charge < -0.3 is 5.32 Å². The monoisotopic (exact) mass is 318 g/mol. The van der Waals surface area contributed by atoms with E-state index in [0.29, 0.717) is 16.6 Å². The summed E-state index contributed by atoms with van der Waals surface area (Å²) >= 11 is 12.1. The summed E-state index contributed by atoms with van der Waals surface area (Å²) in [5.74, 6) is 0. The number of hydrogen-bond donors (Lipinski definition) is 1. The van der Waals surface area contributed by atoms with Gasteiger partial charge in [-0.05, 0) is 43.2 Å². The van der Waals surface area contributed by atoms with Crippen molar-refractivity contribution in [3.8, 4) is 6.07 Å². The van der Waals surface area contributed by atoms with E-state index in [1.54, 1.807) is 6.07 Å². The van der Waals surface area contributed by atoms with Crippen LogP contribution in [0.2, 0.25) is 10.0 Å². The van der Waals surface area contributed by atoms with Gasteiger partial charge in [-0.2, -0.15) is 5.26 Å². The van der Waals surface area contributed by atoms with Gasteiger partial charge in [-0.1, -0.05) is 47.5 Å². The van der Waals surface area contributed by atoms with E-state index in [1.165, 1.54) is 0 Å². The van der Waals surface area contributed by atoms with Gasteiger partial charge in [0.05, 0.1) is 21.5 Å². The third-order valence-electron chi connectivity index (χ3n) is 3.40. The molecule has 4 heteroatoms. The van der Waals surface area contributed by atoms with Gasteiger partial charge in [-0.3, -0.25) is 0 Å². The van der Waals surface area contributed by atoms with Crippen LogP contribution < -0.4 is 5.32 Å². The van der Waals surface area contributed by atoms with Crippen molar-refractivity contribution >= 4 is 28.9 Å². The second kappa shape index (κ2) is 6.39. The average Bonchev–Trinajstić information content (AvgIpc) is 2.49. The number of anilines is 1. The Morgan fingerprint density at radius 3 is 2.38 bits per heavy atom. The second-order valence-electron chi connectivity index (χ2n) is 5.38. The molecule has 0 radical (unpaired) electrons. The fourth-order valence-corrected chi connectivity index (χ4v) is 2.34. The molecule has 108 valence electrons. The van der Waals surface area contributed by atoms with E-state index in [4.69, 9.17) is 28.5 Å². The van der Waals surface area contributed by atoms with Crippen molar-refractivity contribution in [2.45, 2.75) is 25.8 Å². The maximum atomic E-state index is 9.13. The second-order valence-corrected chi connectivity index (χ2v) is 6.17. The molecule has 2 nitrogen and oxygen atoms in total. The van der Waals surface area contributed by atoms with Crippen LogP contribution in [0.15, 0.2) is 42.5 Å². The van der Waals surface area contributed by atoms with Crippen LogP contribution in [0.4, 0.5) is 5.69 Å². The largest absolute Gasteiger partial charge is 0.381 e. The quantitative estimate of drug-likeness (QED) is 0.818. The first kappa shape index (κ1) is 15.7. The van der Waals surface area contributed by atoms with Crippen LogP contribution in [-0.4, -0.2) is 0 Å². The summed E-state index contributed by atoms with van der Waals surface area (Å²) in [5.41, 5.74) is 2.44. The van der Waals surface area contributed by atoms with Crippen LogP contribution in [0.25, 0.3) is 0 Å². The summed E-state index contributed by atoms with van der Waals surface area (Å²) in [4.78, 5) is 0. The van der Waals surface area contributed by atoms with E-state index < -0.39 is 5.41 Å². The van der Waals surface area contributed by atoms with Crippen LogP contribution >= 0.6 is 23.2 Å². The maximum absolute atomic E-state index is 9.13. The highest BCUT2D eigenvalue weighted by Gasteiger charge is 2.19. The molecular weight excluding hydrogens is 303 g/mol. The SMILES string of the molecule is CC(C)(C#N)c1ccc(NCc2cccc(Cl)c2Cl)cc1. The third kappa shape index (κ3) is 3.69. The molecule has 0 aliphatic rings. The van der Waals surface area contributed by atoms with E-state index in [0.717, 1.165) is 16.8 Å². The first-order valence-corrected chi connectivity index (χ1v) is 7.38. The van der Waals surface area contributed by atoms with Crippen molar-refractivity contribution in [1.29, 1.82) is 5.26 Å². The van der Waals surface area contributed by atoms with Crippen molar-refractivity contribution < 1.29 is 0 Å². The first-order valence-electron chi connectivity index (χ1n) is 6.62. The Bertz CT molecular complexity index is 670. The zero-order chi connectivity index (χ0) is 15.5. The Kier molecular flexibility index (Phi) is 4.77. The Morgan fingerprint density at radius 2 is 1.76 bits per heavy atom. The van der Waals surface area contributed by atoms with Gasteiger partial charge in [0.2, 0.25) is 0 Å². The van der Waals surface area contributed by atoms with Crippen molar-refractivity contribution in [3.63, 3.8) is 0 Å². The van der Waals surface area contributed by atoms with Gasteiger partial charge >= 0.3 is 0 Å². The van der Waals surface area contributed by atoms with Gasteiger partial charge in [-0.25, -0.2) is 0 Å². The Balaban J connectivity index is 2.08. The highest BCUT2D eigenvalue weighted by molar-refractivity contribution is 6.42. The predicted octanol–water partition coefficient (Wildman–Crippen LogP) is 5.41. The molecule has 0 fully saturated rings. The number of nitrogens with one attached hydrogen (secondary N) is 1. The Labute approximate surface area is 135 Å². The number of nitriles is 1. The van der Waals surface area contributed by atoms with Crippen LogP contribution in [0.1, 0.15) is 25.0 Å². The van der Waals surface area contributed by atoms with E-state index in [-0.39, 0.29) is 0 Å². The van der Waals surface area contributed by atoms with Crippen LogP contribution in [0.3, 0.4) is 0 Å². The van der Waals surface area contributed by atoms with Crippen LogP contribution in [0.5, 0.6) is 0 Å². The highest BCUT2D eigenvalue weighted by atomic mass is 35.5. The lowest BCUT2D eigenvalue weighted by Gasteiger charge is -2.16. The molecule has 0 atom stereocenters. The molecule has 0 unspecified atom stereocenters. The number of benzene rings is 2. The number of rotatable bonds is 4. The van der Waals surface area contributed by atoms with Gasteiger partial charge in [0.25, 0.3) is 0 Å². The van der Waals surface area contributed by atoms with Crippen molar-refractivity contribution in [2.75, 3.05) is 5.32 Å². The minimum absolute atomic E-state index is 0.477.